The largest absolute Gasteiger partial charge is 0.465 e. The molecule has 0 bridgehead atoms. The summed E-state index contributed by atoms with van der Waals surface area (Å²) < 4.78 is 5.75. The number of H-pyrrole nitrogens is 2. The molecular formula is C39H37N7O4. The zero-order valence-electron chi connectivity index (χ0n) is 28.1. The molecule has 4 fully saturated rings. The fraction of sp³-hybridized carbons (Fsp3) is 0.359. The molecule has 0 radical (unpaired) electrons. The highest BCUT2D eigenvalue weighted by molar-refractivity contribution is 5.90. The molecule has 3 aromatic heterocycles. The predicted molar refractivity (Wildman–Crippen MR) is 188 cm³/mol. The van der Waals surface area contributed by atoms with Crippen molar-refractivity contribution in [3.8, 4) is 22.4 Å². The summed E-state index contributed by atoms with van der Waals surface area (Å²) in [6, 6.07) is 22.8. The normalized spacial score (nSPS) is 25.3. The number of piperidine rings is 2. The van der Waals surface area contributed by atoms with Gasteiger partial charge in [-0.25, -0.2) is 24.5 Å². The number of benzene rings is 3. The summed E-state index contributed by atoms with van der Waals surface area (Å²) in [6.45, 7) is 5.70. The summed E-state index contributed by atoms with van der Waals surface area (Å²) >= 11 is 0. The minimum atomic E-state index is -0.867. The first-order chi connectivity index (χ1) is 24.1. The standard InChI is InChI=1S/C39H37N7O4/c1-39(2,3)50-38(49)46-32-16-24(32)18-34(46)36-42-28-11-7-22(14-30(28)44-36)26-9-6-21-12-19(4-8-25(21)40-26)20-5-10-27-29(13-20)43-35(41-27)33-17-23-15-31(23)45(33)37(47)48/h4-14,23-24,31-34H,15-18H2,1-3H3,(H,41,43)(H,42,44)(H,47,48)/t23-,24+,31-,32-,33+,34+/m1/s1. The number of amides is 2. The average molecular weight is 668 g/mol. The molecule has 10 rings (SSSR count). The lowest BCUT2D eigenvalue weighted by atomic mass is 10.0. The van der Waals surface area contributed by atoms with E-state index in [1.807, 2.05) is 56.0 Å². The van der Waals surface area contributed by atoms with Crippen LogP contribution in [0.4, 0.5) is 9.59 Å². The molecule has 3 N–H and O–H groups in total. The van der Waals surface area contributed by atoms with Crippen molar-refractivity contribution in [3.05, 3.63) is 78.4 Å². The predicted octanol–water partition coefficient (Wildman–Crippen LogP) is 8.21. The Morgan fingerprint density at radius 1 is 0.700 bits per heavy atom. The summed E-state index contributed by atoms with van der Waals surface area (Å²) in [5.41, 5.74) is 7.81. The third-order valence-electron chi connectivity index (χ3n) is 11.0. The number of rotatable bonds is 4. The second kappa shape index (κ2) is 10.3. The Bertz CT molecular complexity index is 2390. The lowest BCUT2D eigenvalue weighted by molar-refractivity contribution is 0.0175. The SMILES string of the molecule is CC(C)(C)OC(=O)N1[C@@H]2C[C@H]2C[C@H]1c1nc2ccc(-c3ccc4cc(-c5ccc6[nH]c([C@@H]7C[C@H]8C[C@H]8N7C(=O)O)nc6c5)ccc4n3)cc2[nH]1. The maximum atomic E-state index is 13.1. The van der Waals surface area contributed by atoms with E-state index in [1.54, 1.807) is 4.90 Å². The lowest BCUT2D eigenvalue weighted by Gasteiger charge is -2.29. The monoisotopic (exact) mass is 667 g/mol. The molecule has 6 aromatic rings. The van der Waals surface area contributed by atoms with Gasteiger partial charge in [-0.05, 0) is 112 Å². The number of likely N-dealkylation sites (tertiary alicyclic amines) is 2. The van der Waals surface area contributed by atoms with Crippen molar-refractivity contribution in [2.45, 2.75) is 76.2 Å². The molecule has 252 valence electrons. The van der Waals surface area contributed by atoms with E-state index < -0.39 is 11.7 Å². The van der Waals surface area contributed by atoms with Gasteiger partial charge in [-0.3, -0.25) is 9.80 Å². The first kappa shape index (κ1) is 29.5. The Morgan fingerprint density at radius 3 is 2.10 bits per heavy atom. The molecule has 6 atom stereocenters. The zero-order valence-corrected chi connectivity index (χ0v) is 28.1. The minimum absolute atomic E-state index is 0.117. The van der Waals surface area contributed by atoms with Gasteiger partial charge in [0.05, 0.1) is 45.4 Å². The van der Waals surface area contributed by atoms with Crippen LogP contribution in [0.25, 0.3) is 55.4 Å². The highest BCUT2D eigenvalue weighted by Gasteiger charge is 2.57. The number of hydrogen-bond acceptors (Lipinski definition) is 6. The van der Waals surface area contributed by atoms with E-state index in [0.29, 0.717) is 11.8 Å². The molecule has 2 amide bonds. The van der Waals surface area contributed by atoms with E-state index in [2.05, 4.69) is 46.4 Å². The van der Waals surface area contributed by atoms with E-state index in [-0.39, 0.29) is 30.3 Å². The van der Waals surface area contributed by atoms with Crippen LogP contribution in [0.2, 0.25) is 0 Å². The van der Waals surface area contributed by atoms with Gasteiger partial charge in [-0.1, -0.05) is 24.3 Å². The van der Waals surface area contributed by atoms with E-state index in [9.17, 15) is 14.7 Å². The molecule has 5 heterocycles. The summed E-state index contributed by atoms with van der Waals surface area (Å²) in [7, 11) is 0. The van der Waals surface area contributed by atoms with Gasteiger partial charge >= 0.3 is 12.2 Å². The Kier molecular flexibility index (Phi) is 6.06. The number of hydrogen-bond donors (Lipinski definition) is 3. The van der Waals surface area contributed by atoms with Crippen molar-refractivity contribution in [3.63, 3.8) is 0 Å². The second-order valence-corrected chi connectivity index (χ2v) is 15.5. The van der Waals surface area contributed by atoms with Crippen LogP contribution in [0.5, 0.6) is 0 Å². The third-order valence-corrected chi connectivity index (χ3v) is 11.0. The molecule has 2 saturated heterocycles. The van der Waals surface area contributed by atoms with Crippen LogP contribution in [0, 0.1) is 11.8 Å². The summed E-state index contributed by atoms with van der Waals surface area (Å²) in [4.78, 5) is 50.2. The van der Waals surface area contributed by atoms with Gasteiger partial charge in [-0.2, -0.15) is 0 Å². The van der Waals surface area contributed by atoms with Gasteiger partial charge in [-0.15, -0.1) is 0 Å². The highest BCUT2D eigenvalue weighted by Crippen LogP contribution is 2.54. The number of fused-ring (bicyclic) bond motifs is 5. The van der Waals surface area contributed by atoms with Gasteiger partial charge in [0.15, 0.2) is 0 Å². The molecule has 0 unspecified atom stereocenters. The number of nitrogens with zero attached hydrogens (tertiary/aromatic N) is 5. The molecule has 2 saturated carbocycles. The van der Waals surface area contributed by atoms with Gasteiger partial charge in [0.2, 0.25) is 0 Å². The highest BCUT2D eigenvalue weighted by atomic mass is 16.6. The number of pyridine rings is 1. The molecule has 2 aliphatic heterocycles. The number of aromatic nitrogens is 5. The molecule has 50 heavy (non-hydrogen) atoms. The number of aromatic amines is 2. The van der Waals surface area contributed by atoms with E-state index in [0.717, 1.165) is 92.7 Å². The van der Waals surface area contributed by atoms with Crippen LogP contribution in [0.3, 0.4) is 0 Å². The van der Waals surface area contributed by atoms with Crippen molar-refractivity contribution in [2.75, 3.05) is 0 Å². The number of carboxylic acid groups (broad SMARTS) is 1. The Labute approximate surface area is 287 Å². The van der Waals surface area contributed by atoms with E-state index in [1.165, 1.54) is 0 Å². The van der Waals surface area contributed by atoms with Crippen molar-refractivity contribution < 1.29 is 19.4 Å². The van der Waals surface area contributed by atoms with Crippen LogP contribution >= 0.6 is 0 Å². The van der Waals surface area contributed by atoms with Crippen molar-refractivity contribution in [1.29, 1.82) is 0 Å². The minimum Gasteiger partial charge on any atom is -0.465 e. The van der Waals surface area contributed by atoms with Gasteiger partial charge in [0.25, 0.3) is 0 Å². The average Bonchev–Trinajstić information content (AvgIpc) is 3.74. The fourth-order valence-corrected chi connectivity index (χ4v) is 8.43. The van der Waals surface area contributed by atoms with Crippen molar-refractivity contribution >= 4 is 45.2 Å². The zero-order chi connectivity index (χ0) is 34.1. The van der Waals surface area contributed by atoms with Crippen molar-refractivity contribution in [2.24, 2.45) is 11.8 Å². The topological polar surface area (TPSA) is 140 Å². The maximum Gasteiger partial charge on any atom is 0.411 e. The summed E-state index contributed by atoms with van der Waals surface area (Å²) in [5.74, 6) is 2.50. The Hall–Kier alpha value is -5.45. The van der Waals surface area contributed by atoms with E-state index >= 15 is 0 Å². The first-order valence-electron chi connectivity index (χ1n) is 17.5. The molecule has 2 aliphatic carbocycles. The molecule has 11 nitrogen and oxygen atoms in total. The van der Waals surface area contributed by atoms with E-state index in [4.69, 9.17) is 19.7 Å². The van der Waals surface area contributed by atoms with Gasteiger partial charge in [0.1, 0.15) is 17.2 Å². The van der Waals surface area contributed by atoms with Crippen LogP contribution < -0.4 is 0 Å². The quantitative estimate of drug-likeness (QED) is 0.172. The molecule has 11 heteroatoms. The van der Waals surface area contributed by atoms with Crippen LogP contribution in [-0.2, 0) is 4.74 Å². The number of carbonyl (C=O) groups excluding carboxylic acids is 1. The number of ether oxygens (including phenoxy) is 1. The molecule has 3 aromatic carbocycles. The van der Waals surface area contributed by atoms with Crippen LogP contribution in [-0.4, -0.2) is 69.7 Å². The summed E-state index contributed by atoms with van der Waals surface area (Å²) in [6.07, 6.45) is 2.59. The Balaban J connectivity index is 0.902. The summed E-state index contributed by atoms with van der Waals surface area (Å²) in [5, 5.41) is 10.8. The van der Waals surface area contributed by atoms with Crippen molar-refractivity contribution in [1.82, 2.24) is 34.7 Å². The third kappa shape index (κ3) is 4.81. The fourth-order valence-electron chi connectivity index (χ4n) is 8.43. The second-order valence-electron chi connectivity index (χ2n) is 15.5. The van der Waals surface area contributed by atoms with Gasteiger partial charge < -0.3 is 19.8 Å². The lowest BCUT2D eigenvalue weighted by Crippen LogP contribution is -2.38. The molecular weight excluding hydrogens is 630 g/mol. The number of imidazole rings is 2. The van der Waals surface area contributed by atoms with Crippen LogP contribution in [0.1, 0.15) is 70.2 Å². The smallest absolute Gasteiger partial charge is 0.411 e. The number of carbonyl (C=O) groups is 2. The Morgan fingerprint density at radius 2 is 1.34 bits per heavy atom. The first-order valence-corrected chi connectivity index (χ1v) is 17.5. The molecule has 0 spiro atoms. The number of nitrogens with one attached hydrogen (secondary N) is 2. The van der Waals surface area contributed by atoms with Gasteiger partial charge in [0, 0.05) is 23.0 Å². The van der Waals surface area contributed by atoms with Crippen LogP contribution in [0.15, 0.2) is 66.7 Å². The molecule has 4 aliphatic rings. The maximum absolute atomic E-state index is 13.1.